The van der Waals surface area contributed by atoms with Crippen molar-refractivity contribution in [1.82, 2.24) is 5.32 Å². The van der Waals surface area contributed by atoms with Gasteiger partial charge in [-0.1, -0.05) is 256 Å². The summed E-state index contributed by atoms with van der Waals surface area (Å²) in [4.78, 5) is 23.3. The number of likely N-dealkylation sites (N-methyl/N-ethyl adjacent to an activating group) is 1. The molecule has 3 atom stereocenters. The monoisotopic (exact) mass is 940 g/mol. The smallest absolute Gasteiger partial charge is 0.391 e. The second-order valence-electron chi connectivity index (χ2n) is 20.6. The highest BCUT2D eigenvalue weighted by Crippen LogP contribution is 2.43. The Morgan fingerprint density at radius 3 is 1.34 bits per heavy atom. The van der Waals surface area contributed by atoms with Gasteiger partial charge in [0.15, 0.2) is 0 Å². The van der Waals surface area contributed by atoms with Crippen LogP contribution in [0, 0.1) is 0 Å². The zero-order chi connectivity index (χ0) is 47.8. The summed E-state index contributed by atoms with van der Waals surface area (Å²) in [5.41, 5.74) is 0. The number of carbonyl (C=O) groups excluding carboxylic acids is 1. The van der Waals surface area contributed by atoms with Gasteiger partial charge in [0.2, 0.25) is 5.91 Å². The van der Waals surface area contributed by atoms with E-state index >= 15 is 0 Å². The Morgan fingerprint density at radius 1 is 0.538 bits per heavy atom. The number of unbranched alkanes of at least 4 members (excludes halogenated alkanes) is 35. The van der Waals surface area contributed by atoms with Crippen LogP contribution in [0.3, 0.4) is 0 Å². The molecule has 1 amide bonds. The molecule has 0 aromatic rings. The van der Waals surface area contributed by atoms with Crippen LogP contribution in [0.4, 0.5) is 0 Å². The van der Waals surface area contributed by atoms with Gasteiger partial charge in [-0.15, -0.1) is 0 Å². The van der Waals surface area contributed by atoms with Crippen LogP contribution in [0.1, 0.15) is 277 Å². The third-order valence-corrected chi connectivity index (χ3v) is 13.9. The van der Waals surface area contributed by atoms with E-state index in [1.807, 2.05) is 21.1 Å². The molecule has 0 aliphatic heterocycles. The molecule has 3 N–H and O–H groups in total. The van der Waals surface area contributed by atoms with Crippen LogP contribution in [-0.2, 0) is 18.4 Å². The van der Waals surface area contributed by atoms with Crippen LogP contribution in [0.2, 0.25) is 0 Å². The highest BCUT2D eigenvalue weighted by molar-refractivity contribution is 7.47. The Kier molecular flexibility index (Phi) is 47.3. The van der Waals surface area contributed by atoms with Crippen molar-refractivity contribution < 1.29 is 32.9 Å². The Bertz CT molecular complexity index is 1110. The van der Waals surface area contributed by atoms with E-state index in [4.69, 9.17) is 9.05 Å². The molecule has 0 rings (SSSR count). The van der Waals surface area contributed by atoms with Crippen molar-refractivity contribution in [3.05, 3.63) is 24.3 Å². The molecule has 386 valence electrons. The normalized spacial score (nSPS) is 14.1. The molecule has 3 unspecified atom stereocenters. The summed E-state index contributed by atoms with van der Waals surface area (Å²) in [7, 11) is 1.63. The van der Waals surface area contributed by atoms with E-state index in [2.05, 4.69) is 43.5 Å². The fourth-order valence-corrected chi connectivity index (χ4v) is 9.29. The lowest BCUT2D eigenvalue weighted by Gasteiger charge is -2.26. The average molecular weight is 940 g/mol. The van der Waals surface area contributed by atoms with Gasteiger partial charge in [0.1, 0.15) is 13.2 Å². The molecule has 0 heterocycles. The maximum Gasteiger partial charge on any atom is 0.472 e. The number of amides is 1. The maximum atomic E-state index is 13.0. The number of quaternary nitrogens is 1. The number of rotatable bonds is 52. The van der Waals surface area contributed by atoms with Gasteiger partial charge in [-0.2, -0.15) is 0 Å². The molecule has 0 saturated heterocycles. The number of phosphoric acid groups is 1. The summed E-state index contributed by atoms with van der Waals surface area (Å²) in [6.45, 7) is 4.83. The largest absolute Gasteiger partial charge is 0.472 e. The van der Waals surface area contributed by atoms with Crippen molar-refractivity contribution in [2.75, 3.05) is 40.9 Å². The predicted molar refractivity (Wildman–Crippen MR) is 281 cm³/mol. The Morgan fingerprint density at radius 2 is 0.923 bits per heavy atom. The van der Waals surface area contributed by atoms with Gasteiger partial charge in [-0.05, 0) is 38.5 Å². The fraction of sp³-hybridized carbons (Fsp3) is 0.911. The SMILES string of the molecule is CC/C=C\C/C=C\CCCCCCCCCCCCCCCCC(=O)NC(COP(=O)(O)OCC[N+](C)(C)C)C(O)CCCCCCCCCCCCCCCCCCCCCCCC. The molecule has 8 nitrogen and oxygen atoms in total. The molecule has 9 heteroatoms. The summed E-state index contributed by atoms with van der Waals surface area (Å²) >= 11 is 0. The zero-order valence-corrected chi connectivity index (χ0v) is 44.9. The topological polar surface area (TPSA) is 105 Å². The Hall–Kier alpha value is -1.02. The first-order valence-corrected chi connectivity index (χ1v) is 29.7. The van der Waals surface area contributed by atoms with Crippen LogP contribution in [0.5, 0.6) is 0 Å². The summed E-state index contributed by atoms with van der Waals surface area (Å²) in [6, 6.07) is -0.759. The van der Waals surface area contributed by atoms with E-state index in [0.717, 1.165) is 51.4 Å². The molecule has 0 aromatic carbocycles. The summed E-state index contributed by atoms with van der Waals surface area (Å²) < 4.78 is 23.8. The molecule has 0 saturated carbocycles. The highest BCUT2D eigenvalue weighted by Gasteiger charge is 2.28. The van der Waals surface area contributed by atoms with E-state index in [-0.39, 0.29) is 19.1 Å². The number of allylic oxidation sites excluding steroid dienone is 4. The Labute approximate surface area is 404 Å². The standard InChI is InChI=1S/C56H111N2O6P/c1-6-8-10-12-14-16-18-20-22-24-26-28-30-31-33-35-37-39-41-43-45-47-49-55(59)54(53-64-65(61,62)63-52-51-58(3,4)5)57-56(60)50-48-46-44-42-40-38-36-34-32-29-27-25-23-21-19-17-15-13-11-9-7-2/h9,11,15,17,54-55,59H,6-8,10,12-14,16,18-53H2,1-5H3,(H-,57,60,61,62)/p+1/b11-9-,17-15-. The summed E-state index contributed by atoms with van der Waals surface area (Å²) in [5, 5.41) is 14.1. The van der Waals surface area contributed by atoms with Gasteiger partial charge in [0.05, 0.1) is 39.9 Å². The quantitative estimate of drug-likeness (QED) is 0.0243. The predicted octanol–water partition coefficient (Wildman–Crippen LogP) is 16.8. The first kappa shape index (κ1) is 64.0. The van der Waals surface area contributed by atoms with Crippen molar-refractivity contribution in [1.29, 1.82) is 0 Å². The number of nitrogens with zero attached hydrogens (tertiary/aromatic N) is 1. The lowest BCUT2D eigenvalue weighted by Crippen LogP contribution is -2.46. The van der Waals surface area contributed by atoms with E-state index in [9.17, 15) is 19.4 Å². The third-order valence-electron chi connectivity index (χ3n) is 13.0. The highest BCUT2D eigenvalue weighted by atomic mass is 31.2. The summed E-state index contributed by atoms with van der Waals surface area (Å²) in [6.07, 6.45) is 59.4. The van der Waals surface area contributed by atoms with Crippen molar-refractivity contribution in [2.45, 2.75) is 289 Å². The van der Waals surface area contributed by atoms with Crippen molar-refractivity contribution in [2.24, 2.45) is 0 Å². The number of hydrogen-bond donors (Lipinski definition) is 3. The van der Waals surface area contributed by atoms with Gasteiger partial charge < -0.3 is 19.8 Å². The average Bonchev–Trinajstić information content (AvgIpc) is 3.26. The minimum Gasteiger partial charge on any atom is -0.391 e. The molecule has 0 aliphatic rings. The van der Waals surface area contributed by atoms with Crippen LogP contribution < -0.4 is 5.32 Å². The number of aliphatic hydroxyl groups excluding tert-OH is 1. The van der Waals surface area contributed by atoms with Crippen LogP contribution >= 0.6 is 7.82 Å². The molecule has 0 fully saturated rings. The third kappa shape index (κ3) is 50.7. The zero-order valence-electron chi connectivity index (χ0n) is 44.0. The number of nitrogens with one attached hydrogen (secondary N) is 1. The Balaban J connectivity index is 4.16. The second kappa shape index (κ2) is 48.0. The van der Waals surface area contributed by atoms with Crippen molar-refractivity contribution in [3.8, 4) is 0 Å². The second-order valence-corrected chi connectivity index (χ2v) is 22.1. The van der Waals surface area contributed by atoms with Gasteiger partial charge in [0.25, 0.3) is 0 Å². The lowest BCUT2D eigenvalue weighted by atomic mass is 10.0. The van der Waals surface area contributed by atoms with Crippen LogP contribution in [0.15, 0.2) is 24.3 Å². The molecular weight excluding hydrogens is 828 g/mol. The van der Waals surface area contributed by atoms with E-state index in [1.54, 1.807) is 0 Å². The maximum absolute atomic E-state index is 13.0. The number of hydrogen-bond acceptors (Lipinski definition) is 5. The minimum atomic E-state index is -4.32. The van der Waals surface area contributed by atoms with Gasteiger partial charge in [-0.3, -0.25) is 13.8 Å². The molecule has 0 spiro atoms. The van der Waals surface area contributed by atoms with E-state index in [0.29, 0.717) is 23.9 Å². The van der Waals surface area contributed by atoms with Crippen molar-refractivity contribution in [3.63, 3.8) is 0 Å². The van der Waals surface area contributed by atoms with E-state index < -0.39 is 20.0 Å². The number of phosphoric ester groups is 1. The lowest BCUT2D eigenvalue weighted by molar-refractivity contribution is -0.870. The minimum absolute atomic E-state index is 0.0764. The van der Waals surface area contributed by atoms with Crippen molar-refractivity contribution >= 4 is 13.7 Å². The van der Waals surface area contributed by atoms with Crippen LogP contribution in [0.25, 0.3) is 0 Å². The van der Waals surface area contributed by atoms with Crippen LogP contribution in [-0.4, -0.2) is 73.4 Å². The molecule has 0 bridgehead atoms. The van der Waals surface area contributed by atoms with E-state index in [1.165, 1.54) is 199 Å². The first-order chi connectivity index (χ1) is 31.5. The summed E-state index contributed by atoms with van der Waals surface area (Å²) in [5.74, 6) is -0.141. The van der Waals surface area contributed by atoms with Gasteiger partial charge in [0, 0.05) is 6.42 Å². The number of carbonyl (C=O) groups is 1. The molecule has 65 heavy (non-hydrogen) atoms. The molecular formula is C56H112N2O6P+. The van der Waals surface area contributed by atoms with Gasteiger partial charge in [-0.25, -0.2) is 4.57 Å². The fourth-order valence-electron chi connectivity index (χ4n) is 8.56. The first-order valence-electron chi connectivity index (χ1n) is 28.2. The van der Waals surface area contributed by atoms with Gasteiger partial charge >= 0.3 is 7.82 Å². The molecule has 0 radical (unpaired) electrons. The molecule has 0 aromatic heterocycles. The molecule has 0 aliphatic carbocycles. The number of aliphatic hydroxyl groups is 1.